The third-order valence-electron chi connectivity index (χ3n) is 1.88. The minimum Gasteiger partial charge on any atom is -0.166 e. The van der Waals surface area contributed by atoms with Crippen molar-refractivity contribution in [2.24, 2.45) is 0 Å². The summed E-state index contributed by atoms with van der Waals surface area (Å²) < 4.78 is 36.8. The van der Waals surface area contributed by atoms with Gasteiger partial charge < -0.3 is 0 Å². The lowest BCUT2D eigenvalue weighted by molar-refractivity contribution is -0.137. The number of benzene rings is 1. The molecular formula is C11H12F3. The van der Waals surface area contributed by atoms with Gasteiger partial charge in [-0.15, -0.1) is 0 Å². The topological polar surface area (TPSA) is 0 Å². The van der Waals surface area contributed by atoms with Gasteiger partial charge in [-0.3, -0.25) is 0 Å². The average Bonchev–Trinajstić information content (AvgIpc) is 2.14. The van der Waals surface area contributed by atoms with Crippen molar-refractivity contribution < 1.29 is 13.2 Å². The lowest BCUT2D eigenvalue weighted by Crippen LogP contribution is -2.04. The number of hydrogen-bond acceptors (Lipinski definition) is 0. The Morgan fingerprint density at radius 1 is 1.29 bits per heavy atom. The second kappa shape index (κ2) is 4.49. The van der Waals surface area contributed by atoms with E-state index in [-0.39, 0.29) is 0 Å². The molecule has 0 aliphatic heterocycles. The predicted molar refractivity (Wildman–Crippen MR) is 49.8 cm³/mol. The Bertz CT molecular complexity index is 289. The minimum atomic E-state index is -4.24. The SMILES string of the molecule is CCC[CH]c1cccc(C(F)(F)F)c1. The van der Waals surface area contributed by atoms with Gasteiger partial charge in [-0.25, -0.2) is 0 Å². The van der Waals surface area contributed by atoms with Crippen LogP contribution in [0.1, 0.15) is 30.9 Å². The highest BCUT2D eigenvalue weighted by Gasteiger charge is 2.30. The zero-order valence-electron chi connectivity index (χ0n) is 7.93. The highest BCUT2D eigenvalue weighted by atomic mass is 19.4. The first-order valence-electron chi connectivity index (χ1n) is 4.54. The molecule has 1 radical (unpaired) electrons. The molecule has 3 heteroatoms. The van der Waals surface area contributed by atoms with Gasteiger partial charge >= 0.3 is 6.18 Å². The van der Waals surface area contributed by atoms with Crippen molar-refractivity contribution >= 4 is 0 Å². The van der Waals surface area contributed by atoms with Crippen molar-refractivity contribution in [2.75, 3.05) is 0 Å². The van der Waals surface area contributed by atoms with Gasteiger partial charge in [-0.2, -0.15) is 13.2 Å². The third kappa shape index (κ3) is 3.05. The summed E-state index contributed by atoms with van der Waals surface area (Å²) in [7, 11) is 0. The van der Waals surface area contributed by atoms with Crippen molar-refractivity contribution in [3.8, 4) is 0 Å². The molecule has 1 aromatic carbocycles. The summed E-state index contributed by atoms with van der Waals surface area (Å²) in [5.74, 6) is 0. The molecule has 77 valence electrons. The van der Waals surface area contributed by atoms with Gasteiger partial charge in [0.15, 0.2) is 0 Å². The predicted octanol–water partition coefficient (Wildman–Crippen LogP) is 4.06. The molecule has 1 aromatic rings. The van der Waals surface area contributed by atoms with Gasteiger partial charge in [0.25, 0.3) is 0 Å². The number of hydrogen-bond donors (Lipinski definition) is 0. The zero-order valence-corrected chi connectivity index (χ0v) is 7.93. The highest BCUT2D eigenvalue weighted by molar-refractivity contribution is 5.30. The van der Waals surface area contributed by atoms with Crippen LogP contribution in [0.5, 0.6) is 0 Å². The minimum absolute atomic E-state index is 0.581. The summed E-state index contributed by atoms with van der Waals surface area (Å²) in [6.45, 7) is 1.99. The Hall–Kier alpha value is -0.990. The van der Waals surface area contributed by atoms with Crippen molar-refractivity contribution in [1.29, 1.82) is 0 Å². The lowest BCUT2D eigenvalue weighted by Gasteiger charge is -2.07. The number of unbranched alkanes of at least 4 members (excludes halogenated alkanes) is 1. The summed E-state index contributed by atoms with van der Waals surface area (Å²) in [5.41, 5.74) is 0.0593. The van der Waals surface area contributed by atoms with E-state index in [9.17, 15) is 13.2 Å². The van der Waals surface area contributed by atoms with Crippen molar-refractivity contribution in [1.82, 2.24) is 0 Å². The van der Waals surface area contributed by atoms with Crippen molar-refractivity contribution in [3.05, 3.63) is 41.8 Å². The van der Waals surface area contributed by atoms with Crippen LogP contribution in [-0.4, -0.2) is 0 Å². The summed E-state index contributed by atoms with van der Waals surface area (Å²) >= 11 is 0. The fourth-order valence-electron chi connectivity index (χ4n) is 1.15. The molecule has 0 atom stereocenters. The number of halogens is 3. The first kappa shape index (κ1) is 11.1. The molecule has 1 rings (SSSR count). The normalized spacial score (nSPS) is 11.7. The Kier molecular flexibility index (Phi) is 3.55. The summed E-state index contributed by atoms with van der Waals surface area (Å²) in [6, 6.07) is 5.38. The number of alkyl halides is 3. The molecule has 0 nitrogen and oxygen atoms in total. The summed E-state index contributed by atoms with van der Waals surface area (Å²) in [4.78, 5) is 0. The molecule has 0 amide bonds. The fourth-order valence-corrected chi connectivity index (χ4v) is 1.15. The van der Waals surface area contributed by atoms with E-state index in [0.717, 1.165) is 18.9 Å². The Morgan fingerprint density at radius 2 is 2.00 bits per heavy atom. The van der Waals surface area contributed by atoms with E-state index in [1.54, 1.807) is 6.07 Å². The van der Waals surface area contributed by atoms with Gasteiger partial charge in [0.2, 0.25) is 0 Å². The first-order chi connectivity index (χ1) is 6.54. The third-order valence-corrected chi connectivity index (χ3v) is 1.88. The maximum atomic E-state index is 12.3. The molecule has 0 aliphatic rings. The van der Waals surface area contributed by atoms with E-state index < -0.39 is 11.7 Å². The lowest BCUT2D eigenvalue weighted by atomic mass is 10.1. The van der Waals surface area contributed by atoms with Gasteiger partial charge in [-0.1, -0.05) is 31.5 Å². The molecule has 0 saturated carbocycles. The van der Waals surface area contributed by atoms with Crippen LogP contribution in [0.3, 0.4) is 0 Å². The van der Waals surface area contributed by atoms with Crippen LogP contribution < -0.4 is 0 Å². The van der Waals surface area contributed by atoms with E-state index in [2.05, 4.69) is 0 Å². The van der Waals surface area contributed by atoms with E-state index >= 15 is 0 Å². The molecule has 0 N–H and O–H groups in total. The van der Waals surface area contributed by atoms with Gasteiger partial charge in [-0.05, 0) is 24.5 Å². The summed E-state index contributed by atoms with van der Waals surface area (Å²) in [6.07, 6.45) is -0.678. The average molecular weight is 201 g/mol. The largest absolute Gasteiger partial charge is 0.416 e. The molecule has 0 heterocycles. The standard InChI is InChI=1S/C11H12F3/c1-2-3-5-9-6-4-7-10(8-9)11(12,13)14/h4-8H,2-3H2,1H3. The van der Waals surface area contributed by atoms with Crippen LogP contribution in [0.25, 0.3) is 0 Å². The van der Waals surface area contributed by atoms with Crippen LogP contribution in [0, 0.1) is 6.42 Å². The maximum absolute atomic E-state index is 12.3. The Balaban J connectivity index is 2.79. The molecular weight excluding hydrogens is 189 g/mol. The second-order valence-electron chi connectivity index (χ2n) is 3.12. The van der Waals surface area contributed by atoms with Gasteiger partial charge in [0, 0.05) is 0 Å². The smallest absolute Gasteiger partial charge is 0.166 e. The van der Waals surface area contributed by atoms with Crippen LogP contribution in [-0.2, 0) is 6.18 Å². The Labute approximate surface area is 81.8 Å². The van der Waals surface area contributed by atoms with E-state index in [0.29, 0.717) is 5.56 Å². The van der Waals surface area contributed by atoms with E-state index in [1.807, 2.05) is 13.3 Å². The molecule has 0 fully saturated rings. The van der Waals surface area contributed by atoms with Crippen LogP contribution in [0.15, 0.2) is 24.3 Å². The molecule has 0 unspecified atom stereocenters. The van der Waals surface area contributed by atoms with Crippen LogP contribution in [0.2, 0.25) is 0 Å². The summed E-state index contributed by atoms with van der Waals surface area (Å²) in [5, 5.41) is 0. The van der Waals surface area contributed by atoms with E-state index in [1.165, 1.54) is 12.1 Å². The van der Waals surface area contributed by atoms with Gasteiger partial charge in [0.05, 0.1) is 5.56 Å². The molecule has 14 heavy (non-hydrogen) atoms. The first-order valence-corrected chi connectivity index (χ1v) is 4.54. The quantitative estimate of drug-likeness (QED) is 0.691. The van der Waals surface area contributed by atoms with Crippen molar-refractivity contribution in [3.63, 3.8) is 0 Å². The number of rotatable bonds is 3. The molecule has 0 saturated heterocycles. The van der Waals surface area contributed by atoms with Gasteiger partial charge in [0.1, 0.15) is 0 Å². The Morgan fingerprint density at radius 3 is 2.57 bits per heavy atom. The molecule has 0 aromatic heterocycles. The van der Waals surface area contributed by atoms with E-state index in [4.69, 9.17) is 0 Å². The molecule has 0 bridgehead atoms. The fraction of sp³-hybridized carbons (Fsp3) is 0.364. The second-order valence-corrected chi connectivity index (χ2v) is 3.12. The molecule has 0 spiro atoms. The van der Waals surface area contributed by atoms with Crippen LogP contribution in [0.4, 0.5) is 13.2 Å². The maximum Gasteiger partial charge on any atom is 0.416 e. The van der Waals surface area contributed by atoms with Crippen molar-refractivity contribution in [2.45, 2.75) is 25.9 Å². The molecule has 0 aliphatic carbocycles. The zero-order chi connectivity index (χ0) is 10.6. The highest BCUT2D eigenvalue weighted by Crippen LogP contribution is 2.29. The monoisotopic (exact) mass is 201 g/mol. The van der Waals surface area contributed by atoms with Crippen LogP contribution >= 0.6 is 0 Å².